The second-order valence-electron chi connectivity index (χ2n) is 5.97. The Morgan fingerprint density at radius 2 is 1.89 bits per heavy atom. The van der Waals surface area contributed by atoms with Crippen LogP contribution in [0.5, 0.6) is 0 Å². The van der Waals surface area contributed by atoms with Crippen LogP contribution in [0.3, 0.4) is 0 Å². The van der Waals surface area contributed by atoms with Crippen molar-refractivity contribution in [1.82, 2.24) is 0 Å². The summed E-state index contributed by atoms with van der Waals surface area (Å²) in [5.41, 5.74) is 5.75. The first-order valence-corrected chi connectivity index (χ1v) is 7.30. The average Bonchev–Trinajstić information content (AvgIpc) is 2.35. The van der Waals surface area contributed by atoms with Crippen molar-refractivity contribution >= 4 is 0 Å². The fraction of sp³-hybridized carbons (Fsp3) is 1.00. The second-order valence-corrected chi connectivity index (χ2v) is 5.97. The van der Waals surface area contributed by atoms with Gasteiger partial charge in [-0.15, -0.1) is 0 Å². The minimum Gasteiger partial charge on any atom is -0.378 e. The van der Waals surface area contributed by atoms with E-state index in [0.717, 1.165) is 19.3 Å². The predicted molar refractivity (Wildman–Crippen MR) is 67.7 cm³/mol. The fourth-order valence-corrected chi connectivity index (χ4v) is 3.34. The summed E-state index contributed by atoms with van der Waals surface area (Å²) >= 11 is 0. The molecule has 2 aliphatic carbocycles. The molecular formula is C14H25F2NO. The van der Waals surface area contributed by atoms with Gasteiger partial charge in [-0.05, 0) is 44.1 Å². The largest absolute Gasteiger partial charge is 0.378 e. The summed E-state index contributed by atoms with van der Waals surface area (Å²) in [5, 5.41) is 0. The Labute approximate surface area is 108 Å². The number of hydrogen-bond donors (Lipinski definition) is 1. The average molecular weight is 261 g/mol. The lowest BCUT2D eigenvalue weighted by Crippen LogP contribution is -2.36. The number of hydrogen-bond acceptors (Lipinski definition) is 2. The van der Waals surface area contributed by atoms with Gasteiger partial charge in [-0.1, -0.05) is 12.8 Å². The fourth-order valence-electron chi connectivity index (χ4n) is 3.34. The van der Waals surface area contributed by atoms with Crippen LogP contribution in [0.1, 0.15) is 51.4 Å². The van der Waals surface area contributed by atoms with Crippen molar-refractivity contribution in [2.24, 2.45) is 17.6 Å². The molecular weight excluding hydrogens is 236 g/mol. The van der Waals surface area contributed by atoms with Gasteiger partial charge in [-0.2, -0.15) is 0 Å². The number of rotatable bonds is 4. The topological polar surface area (TPSA) is 35.2 Å². The maximum atomic E-state index is 13.3. The van der Waals surface area contributed by atoms with Crippen LogP contribution in [0.2, 0.25) is 0 Å². The van der Waals surface area contributed by atoms with Gasteiger partial charge in [-0.3, -0.25) is 0 Å². The summed E-state index contributed by atoms with van der Waals surface area (Å²) in [6, 6.07) is 0. The van der Waals surface area contributed by atoms with Crippen LogP contribution >= 0.6 is 0 Å². The zero-order chi connectivity index (χ0) is 13.0. The van der Waals surface area contributed by atoms with Gasteiger partial charge in [0.15, 0.2) is 0 Å². The summed E-state index contributed by atoms with van der Waals surface area (Å²) in [5.74, 6) is -2.00. The van der Waals surface area contributed by atoms with Crippen molar-refractivity contribution in [3.05, 3.63) is 0 Å². The third kappa shape index (κ3) is 3.89. The van der Waals surface area contributed by atoms with Gasteiger partial charge in [-0.25, -0.2) is 8.78 Å². The summed E-state index contributed by atoms with van der Waals surface area (Å²) in [4.78, 5) is 0. The van der Waals surface area contributed by atoms with Crippen LogP contribution in [0, 0.1) is 11.8 Å². The molecule has 0 amide bonds. The van der Waals surface area contributed by atoms with Crippen molar-refractivity contribution in [2.75, 3.05) is 13.2 Å². The van der Waals surface area contributed by atoms with Gasteiger partial charge in [0.25, 0.3) is 0 Å². The molecule has 2 fully saturated rings. The number of ether oxygens (including phenoxy) is 1. The molecule has 2 saturated carbocycles. The van der Waals surface area contributed by atoms with E-state index in [4.69, 9.17) is 10.5 Å². The van der Waals surface area contributed by atoms with Crippen LogP contribution in [0.25, 0.3) is 0 Å². The number of nitrogens with two attached hydrogens (primary N) is 1. The van der Waals surface area contributed by atoms with Crippen LogP contribution in [0.15, 0.2) is 0 Å². The Hall–Kier alpha value is -0.220. The molecule has 2 nitrogen and oxygen atoms in total. The molecule has 0 radical (unpaired) electrons. The molecule has 0 aromatic heterocycles. The van der Waals surface area contributed by atoms with Gasteiger partial charge in [0, 0.05) is 19.4 Å². The molecule has 2 N–H and O–H groups in total. The van der Waals surface area contributed by atoms with Gasteiger partial charge in [0.1, 0.15) is 0 Å². The predicted octanol–water partition coefficient (Wildman–Crippen LogP) is 3.35. The van der Waals surface area contributed by atoms with Crippen molar-refractivity contribution < 1.29 is 13.5 Å². The lowest BCUT2D eigenvalue weighted by atomic mass is 9.85. The molecule has 2 rings (SSSR count). The monoisotopic (exact) mass is 261 g/mol. The highest BCUT2D eigenvalue weighted by molar-refractivity contribution is 4.80. The first kappa shape index (κ1) is 14.2. The zero-order valence-electron chi connectivity index (χ0n) is 11.0. The molecule has 3 unspecified atom stereocenters. The minimum absolute atomic E-state index is 0.00696. The SMILES string of the molecule is NCC1CCCCC1OCC1CCCC(F)(F)C1. The molecule has 106 valence electrons. The maximum absolute atomic E-state index is 13.3. The molecule has 0 bridgehead atoms. The van der Waals surface area contributed by atoms with Crippen LogP contribution in [-0.4, -0.2) is 25.2 Å². The number of halogens is 2. The van der Waals surface area contributed by atoms with Gasteiger partial charge in [0.2, 0.25) is 5.92 Å². The first-order valence-electron chi connectivity index (χ1n) is 7.30. The lowest BCUT2D eigenvalue weighted by molar-refractivity contribution is -0.0849. The molecule has 0 aliphatic heterocycles. The summed E-state index contributed by atoms with van der Waals surface area (Å²) in [6.45, 7) is 1.16. The van der Waals surface area contributed by atoms with Crippen LogP contribution < -0.4 is 5.73 Å². The van der Waals surface area contributed by atoms with E-state index in [1.54, 1.807) is 0 Å². The van der Waals surface area contributed by atoms with E-state index in [0.29, 0.717) is 25.5 Å². The molecule has 0 aromatic rings. The molecule has 0 saturated heterocycles. The van der Waals surface area contributed by atoms with E-state index in [-0.39, 0.29) is 24.9 Å². The summed E-state index contributed by atoms with van der Waals surface area (Å²) in [7, 11) is 0. The van der Waals surface area contributed by atoms with E-state index in [1.807, 2.05) is 0 Å². The van der Waals surface area contributed by atoms with Gasteiger partial charge in [0.05, 0.1) is 6.10 Å². The number of alkyl halides is 2. The Bertz CT molecular complexity index is 260. The highest BCUT2D eigenvalue weighted by atomic mass is 19.3. The highest BCUT2D eigenvalue weighted by Gasteiger charge is 2.36. The zero-order valence-corrected chi connectivity index (χ0v) is 11.0. The third-order valence-corrected chi connectivity index (χ3v) is 4.43. The smallest absolute Gasteiger partial charge is 0.248 e. The third-order valence-electron chi connectivity index (χ3n) is 4.43. The standard InChI is InChI=1S/C14H25F2NO/c15-14(16)7-3-4-11(8-14)10-18-13-6-2-1-5-12(13)9-17/h11-13H,1-10,17H2. The van der Waals surface area contributed by atoms with Gasteiger partial charge < -0.3 is 10.5 Å². The second kappa shape index (κ2) is 6.29. The van der Waals surface area contributed by atoms with E-state index in [1.165, 1.54) is 12.8 Å². The molecule has 2 aliphatic rings. The molecule has 0 heterocycles. The van der Waals surface area contributed by atoms with Crippen molar-refractivity contribution in [3.63, 3.8) is 0 Å². The van der Waals surface area contributed by atoms with E-state index in [9.17, 15) is 8.78 Å². The maximum Gasteiger partial charge on any atom is 0.248 e. The van der Waals surface area contributed by atoms with E-state index < -0.39 is 5.92 Å². The molecule has 4 heteroatoms. The highest BCUT2D eigenvalue weighted by Crippen LogP contribution is 2.37. The molecule has 0 aromatic carbocycles. The summed E-state index contributed by atoms with van der Waals surface area (Å²) in [6.07, 6.45) is 6.37. The van der Waals surface area contributed by atoms with Crippen molar-refractivity contribution in [1.29, 1.82) is 0 Å². The quantitative estimate of drug-likeness (QED) is 0.842. The van der Waals surface area contributed by atoms with E-state index >= 15 is 0 Å². The molecule has 3 atom stereocenters. The lowest BCUT2D eigenvalue weighted by Gasteiger charge is -2.34. The Balaban J connectivity index is 1.76. The van der Waals surface area contributed by atoms with Crippen LogP contribution in [0.4, 0.5) is 8.78 Å². The van der Waals surface area contributed by atoms with Crippen molar-refractivity contribution in [2.45, 2.75) is 63.4 Å². The van der Waals surface area contributed by atoms with Gasteiger partial charge >= 0.3 is 0 Å². The summed E-state index contributed by atoms with van der Waals surface area (Å²) < 4.78 is 32.5. The van der Waals surface area contributed by atoms with E-state index in [2.05, 4.69) is 0 Å². The van der Waals surface area contributed by atoms with Crippen LogP contribution in [-0.2, 0) is 4.74 Å². The molecule has 18 heavy (non-hydrogen) atoms. The molecule has 0 spiro atoms. The Kier molecular flexibility index (Phi) is 4.96. The first-order chi connectivity index (χ1) is 8.61. The Morgan fingerprint density at radius 3 is 2.61 bits per heavy atom. The minimum atomic E-state index is -2.47. The normalized spacial score (nSPS) is 36.5. The van der Waals surface area contributed by atoms with Crippen molar-refractivity contribution in [3.8, 4) is 0 Å². The Morgan fingerprint density at radius 1 is 1.11 bits per heavy atom.